The van der Waals surface area contributed by atoms with Gasteiger partial charge in [-0.1, -0.05) is 81.4 Å². The van der Waals surface area contributed by atoms with E-state index in [-0.39, 0.29) is 17.4 Å². The Kier molecular flexibility index (Phi) is 3.79. The fourth-order valence-electron chi connectivity index (χ4n) is 3.94. The molecule has 0 spiro atoms. The Labute approximate surface area is 139 Å². The molecule has 2 aromatic rings. The highest BCUT2D eigenvalue weighted by molar-refractivity contribution is 5.94. The first kappa shape index (κ1) is 15.8. The summed E-state index contributed by atoms with van der Waals surface area (Å²) in [4.78, 5) is 15.4. The number of rotatable bonds is 2. The zero-order valence-electron chi connectivity index (χ0n) is 14.4. The van der Waals surface area contributed by atoms with Crippen molar-refractivity contribution >= 4 is 5.91 Å². The second-order valence-electron chi connectivity index (χ2n) is 7.64. The molecule has 0 radical (unpaired) electrons. The van der Waals surface area contributed by atoms with E-state index in [9.17, 15) is 4.79 Å². The lowest BCUT2D eigenvalue weighted by molar-refractivity contribution is -0.132. The molecule has 1 saturated heterocycles. The fourth-order valence-corrected chi connectivity index (χ4v) is 3.94. The molecule has 23 heavy (non-hydrogen) atoms. The molecular weight excluding hydrogens is 282 g/mol. The van der Waals surface area contributed by atoms with Gasteiger partial charge in [0.1, 0.15) is 5.41 Å². The minimum Gasteiger partial charge on any atom is -0.341 e. The lowest BCUT2D eigenvalue weighted by Crippen LogP contribution is -2.40. The highest BCUT2D eigenvalue weighted by Crippen LogP contribution is 2.48. The van der Waals surface area contributed by atoms with Crippen molar-refractivity contribution in [1.82, 2.24) is 4.90 Å². The van der Waals surface area contributed by atoms with E-state index < -0.39 is 5.41 Å². The van der Waals surface area contributed by atoms with Crippen LogP contribution in [0, 0.1) is 5.41 Å². The van der Waals surface area contributed by atoms with E-state index in [0.29, 0.717) is 0 Å². The van der Waals surface area contributed by atoms with Gasteiger partial charge >= 0.3 is 0 Å². The van der Waals surface area contributed by atoms with Gasteiger partial charge in [0.2, 0.25) is 5.91 Å². The third-order valence-corrected chi connectivity index (χ3v) is 5.19. The maximum Gasteiger partial charge on any atom is 0.237 e. The van der Waals surface area contributed by atoms with Crippen molar-refractivity contribution < 1.29 is 4.79 Å². The summed E-state index contributed by atoms with van der Waals surface area (Å²) in [5.41, 5.74) is 1.66. The summed E-state index contributed by atoms with van der Waals surface area (Å²) in [6.45, 7) is 6.65. The summed E-state index contributed by atoms with van der Waals surface area (Å²) in [6.07, 6.45) is 0.819. The zero-order chi connectivity index (χ0) is 16.7. The van der Waals surface area contributed by atoms with Crippen LogP contribution in [0.15, 0.2) is 60.7 Å². The Hall–Kier alpha value is -2.09. The number of likely N-dealkylation sites (tertiary alicyclic amines) is 1. The van der Waals surface area contributed by atoms with E-state index in [1.807, 2.05) is 48.3 Å². The zero-order valence-corrected chi connectivity index (χ0v) is 14.4. The summed E-state index contributed by atoms with van der Waals surface area (Å²) in [6, 6.07) is 20.7. The summed E-state index contributed by atoms with van der Waals surface area (Å²) < 4.78 is 0. The topological polar surface area (TPSA) is 20.3 Å². The number of carbonyl (C=O) groups excluding carboxylic acids is 1. The first-order valence-corrected chi connectivity index (χ1v) is 8.25. The quantitative estimate of drug-likeness (QED) is 0.812. The Morgan fingerprint density at radius 3 is 1.70 bits per heavy atom. The van der Waals surface area contributed by atoms with Crippen LogP contribution < -0.4 is 0 Å². The first-order valence-electron chi connectivity index (χ1n) is 8.25. The predicted molar refractivity (Wildman–Crippen MR) is 94.3 cm³/mol. The van der Waals surface area contributed by atoms with Crippen LogP contribution in [0.1, 0.15) is 38.3 Å². The van der Waals surface area contributed by atoms with Crippen molar-refractivity contribution in [2.45, 2.75) is 38.6 Å². The predicted octanol–water partition coefficient (Wildman–Crippen LogP) is 4.25. The van der Waals surface area contributed by atoms with E-state index >= 15 is 0 Å². The Morgan fingerprint density at radius 1 is 0.913 bits per heavy atom. The number of hydrogen-bond donors (Lipinski definition) is 0. The molecule has 1 heterocycles. The summed E-state index contributed by atoms with van der Waals surface area (Å²) in [7, 11) is 1.95. The van der Waals surface area contributed by atoms with Crippen LogP contribution in [0.4, 0.5) is 0 Å². The van der Waals surface area contributed by atoms with Crippen LogP contribution >= 0.6 is 0 Å². The molecule has 1 atom stereocenters. The van der Waals surface area contributed by atoms with Crippen LogP contribution in [0.2, 0.25) is 0 Å². The van der Waals surface area contributed by atoms with Crippen molar-refractivity contribution in [1.29, 1.82) is 0 Å². The van der Waals surface area contributed by atoms with Crippen molar-refractivity contribution in [2.24, 2.45) is 5.41 Å². The minimum atomic E-state index is -0.574. The minimum absolute atomic E-state index is 0.0513. The average Bonchev–Trinajstić information content (AvgIpc) is 2.82. The van der Waals surface area contributed by atoms with Gasteiger partial charge in [-0.3, -0.25) is 4.79 Å². The monoisotopic (exact) mass is 307 g/mol. The smallest absolute Gasteiger partial charge is 0.237 e. The van der Waals surface area contributed by atoms with Gasteiger partial charge in [-0.25, -0.2) is 0 Å². The summed E-state index contributed by atoms with van der Waals surface area (Å²) >= 11 is 0. The van der Waals surface area contributed by atoms with Crippen molar-refractivity contribution in [3.63, 3.8) is 0 Å². The molecule has 1 aliphatic heterocycles. The molecule has 0 aliphatic carbocycles. The molecule has 2 aromatic carbocycles. The van der Waals surface area contributed by atoms with Gasteiger partial charge in [-0.2, -0.15) is 0 Å². The molecule has 1 amide bonds. The first-order chi connectivity index (χ1) is 10.9. The Morgan fingerprint density at radius 2 is 1.35 bits per heavy atom. The third-order valence-electron chi connectivity index (χ3n) is 5.19. The van der Waals surface area contributed by atoms with Gasteiger partial charge in [0.15, 0.2) is 0 Å². The van der Waals surface area contributed by atoms with E-state index in [1.54, 1.807) is 0 Å². The second-order valence-corrected chi connectivity index (χ2v) is 7.64. The van der Waals surface area contributed by atoms with Gasteiger partial charge in [-0.15, -0.1) is 0 Å². The highest BCUT2D eigenvalue weighted by Gasteiger charge is 2.54. The van der Waals surface area contributed by atoms with Gasteiger partial charge in [-0.05, 0) is 23.0 Å². The molecule has 0 bridgehead atoms. The number of likely N-dealkylation sites (N-methyl/N-ethyl adjacent to an activating group) is 1. The van der Waals surface area contributed by atoms with Gasteiger partial charge in [0, 0.05) is 13.1 Å². The van der Waals surface area contributed by atoms with E-state index in [0.717, 1.165) is 17.5 Å². The molecule has 3 rings (SSSR count). The second kappa shape index (κ2) is 5.52. The Balaban J connectivity index is 2.21. The highest BCUT2D eigenvalue weighted by atomic mass is 16.2. The van der Waals surface area contributed by atoms with Gasteiger partial charge in [0.05, 0.1) is 0 Å². The number of carbonyl (C=O) groups is 1. The molecule has 0 N–H and O–H groups in total. The summed E-state index contributed by atoms with van der Waals surface area (Å²) in [5, 5.41) is 0. The maximum atomic E-state index is 13.4. The molecule has 1 fully saturated rings. The van der Waals surface area contributed by atoms with E-state index in [2.05, 4.69) is 45.0 Å². The largest absolute Gasteiger partial charge is 0.341 e. The molecule has 0 saturated carbocycles. The molecule has 0 aromatic heterocycles. The van der Waals surface area contributed by atoms with E-state index in [1.165, 1.54) is 0 Å². The molecule has 1 aliphatic rings. The average molecular weight is 307 g/mol. The molecule has 1 unspecified atom stereocenters. The maximum absolute atomic E-state index is 13.4. The fraction of sp³-hybridized carbons (Fsp3) is 0.381. The van der Waals surface area contributed by atoms with Crippen molar-refractivity contribution in [2.75, 3.05) is 7.05 Å². The number of amides is 1. The number of benzene rings is 2. The third kappa shape index (κ3) is 2.46. The van der Waals surface area contributed by atoms with Crippen LogP contribution in [0.5, 0.6) is 0 Å². The van der Waals surface area contributed by atoms with E-state index in [4.69, 9.17) is 0 Å². The SMILES string of the molecule is CN1C(=O)C(c2ccccc2)(c2ccccc2)CC1C(C)(C)C. The Bertz CT molecular complexity index is 645. The molecule has 2 heteroatoms. The van der Waals surface area contributed by atoms with Crippen LogP contribution in [0.3, 0.4) is 0 Å². The lowest BCUT2D eigenvalue weighted by Gasteiger charge is -2.32. The van der Waals surface area contributed by atoms with Crippen LogP contribution in [-0.2, 0) is 10.2 Å². The normalized spacial score (nSPS) is 20.8. The molecule has 120 valence electrons. The lowest BCUT2D eigenvalue weighted by atomic mass is 9.70. The molecule has 2 nitrogen and oxygen atoms in total. The molecular formula is C21H25NO. The van der Waals surface area contributed by atoms with Gasteiger partial charge in [0.25, 0.3) is 0 Å². The standard InChI is InChI=1S/C21H25NO/c1-20(2,3)18-15-21(19(23)22(18)4,16-11-7-5-8-12-16)17-13-9-6-10-14-17/h5-14,18H,15H2,1-4H3. The van der Waals surface area contributed by atoms with Crippen LogP contribution in [-0.4, -0.2) is 23.9 Å². The van der Waals surface area contributed by atoms with Crippen molar-refractivity contribution in [3.05, 3.63) is 71.8 Å². The summed E-state index contributed by atoms with van der Waals surface area (Å²) in [5.74, 6) is 0.204. The van der Waals surface area contributed by atoms with Gasteiger partial charge < -0.3 is 4.90 Å². The number of hydrogen-bond acceptors (Lipinski definition) is 1. The number of nitrogens with zero attached hydrogens (tertiary/aromatic N) is 1. The van der Waals surface area contributed by atoms with Crippen LogP contribution in [0.25, 0.3) is 0 Å². The van der Waals surface area contributed by atoms with Crippen molar-refractivity contribution in [3.8, 4) is 0 Å².